The van der Waals surface area contributed by atoms with Gasteiger partial charge in [0, 0.05) is 17.2 Å². The van der Waals surface area contributed by atoms with E-state index in [-0.39, 0.29) is 18.2 Å². The molecule has 0 spiro atoms. The number of anilines is 1. The summed E-state index contributed by atoms with van der Waals surface area (Å²) >= 11 is 0. The van der Waals surface area contributed by atoms with Crippen LogP contribution in [-0.4, -0.2) is 29.9 Å². The van der Waals surface area contributed by atoms with Crippen molar-refractivity contribution in [2.75, 3.05) is 12.0 Å². The predicted octanol–water partition coefficient (Wildman–Crippen LogP) is 2.91. The van der Waals surface area contributed by atoms with E-state index >= 15 is 0 Å². The van der Waals surface area contributed by atoms with Gasteiger partial charge in [0.1, 0.15) is 5.75 Å². The molecule has 0 radical (unpaired) electrons. The number of nitrogens with zero attached hydrogens (tertiary/aromatic N) is 1. The zero-order chi connectivity index (χ0) is 18.2. The molecule has 1 N–H and O–H groups in total. The third-order valence-corrected chi connectivity index (χ3v) is 4.51. The summed E-state index contributed by atoms with van der Waals surface area (Å²) in [4.78, 5) is 27.2. The Morgan fingerprint density at radius 1 is 1.20 bits per heavy atom. The van der Waals surface area contributed by atoms with Crippen molar-refractivity contribution in [2.45, 2.75) is 31.9 Å². The predicted molar refractivity (Wildman–Crippen MR) is 94.9 cm³/mol. The number of methoxy groups -OCH3 is 1. The van der Waals surface area contributed by atoms with E-state index in [1.54, 1.807) is 47.4 Å². The molecule has 2 aromatic rings. The van der Waals surface area contributed by atoms with Crippen molar-refractivity contribution in [3.8, 4) is 5.75 Å². The Balaban J connectivity index is 1.98. The first-order valence-electron chi connectivity index (χ1n) is 8.21. The summed E-state index contributed by atoms with van der Waals surface area (Å²) in [5, 5.41) is 11.1. The number of rotatable bonds is 5. The molecule has 0 aromatic heterocycles. The van der Waals surface area contributed by atoms with Gasteiger partial charge in [-0.1, -0.05) is 30.3 Å². The molecule has 0 aliphatic carbocycles. The number of fused-ring (bicyclic) bond motifs is 1. The summed E-state index contributed by atoms with van der Waals surface area (Å²) < 4.78 is 5.14. The van der Waals surface area contributed by atoms with Crippen LogP contribution in [0.15, 0.2) is 48.5 Å². The first-order valence-corrected chi connectivity index (χ1v) is 8.21. The van der Waals surface area contributed by atoms with Gasteiger partial charge in [0.15, 0.2) is 11.4 Å². The Bertz CT molecular complexity index is 830. The van der Waals surface area contributed by atoms with Gasteiger partial charge in [0.2, 0.25) is 0 Å². The highest BCUT2D eigenvalue weighted by Gasteiger charge is 2.51. The number of aliphatic hydroxyl groups is 1. The van der Waals surface area contributed by atoms with Crippen molar-refractivity contribution < 1.29 is 19.4 Å². The number of hydrogen-bond acceptors (Lipinski definition) is 4. The molecule has 1 atom stereocenters. The molecular formula is C20H21NO4. The Morgan fingerprint density at radius 2 is 1.92 bits per heavy atom. The molecule has 2 aromatic carbocycles. The summed E-state index contributed by atoms with van der Waals surface area (Å²) in [6.07, 6.45) is -0.306. The number of amides is 1. The lowest BCUT2D eigenvalue weighted by Crippen LogP contribution is -2.44. The molecule has 0 fully saturated rings. The van der Waals surface area contributed by atoms with Crippen molar-refractivity contribution in [1.29, 1.82) is 0 Å². The van der Waals surface area contributed by atoms with Gasteiger partial charge < -0.3 is 14.7 Å². The van der Waals surface area contributed by atoms with Crippen LogP contribution in [0.5, 0.6) is 5.75 Å². The molecule has 1 heterocycles. The van der Waals surface area contributed by atoms with Gasteiger partial charge in [0.25, 0.3) is 5.91 Å². The van der Waals surface area contributed by atoms with Crippen LogP contribution in [-0.2, 0) is 10.4 Å². The minimum absolute atomic E-state index is 0.116. The summed E-state index contributed by atoms with van der Waals surface area (Å²) in [5.41, 5.74) is -0.310. The molecule has 0 saturated carbocycles. The molecule has 1 aliphatic rings. The van der Waals surface area contributed by atoms with Crippen LogP contribution in [0, 0.1) is 0 Å². The lowest BCUT2D eigenvalue weighted by molar-refractivity contribution is -0.136. The zero-order valence-corrected chi connectivity index (χ0v) is 14.5. The second-order valence-corrected chi connectivity index (χ2v) is 6.48. The summed E-state index contributed by atoms with van der Waals surface area (Å²) in [6, 6.07) is 13.7. The Labute approximate surface area is 146 Å². The van der Waals surface area contributed by atoms with E-state index in [2.05, 4.69) is 0 Å². The van der Waals surface area contributed by atoms with E-state index in [1.807, 2.05) is 19.9 Å². The standard InChI is InChI=1S/C20H21NO4/c1-13(2)21-17-10-5-4-9-16(17)20(24,19(21)23)12-18(22)14-7-6-8-15(11-14)25-3/h4-11,13,24H,12H2,1-3H3/t20-/m0/s1. The summed E-state index contributed by atoms with van der Waals surface area (Å²) in [5.74, 6) is -0.213. The fourth-order valence-corrected chi connectivity index (χ4v) is 3.27. The van der Waals surface area contributed by atoms with Crippen LogP contribution in [0.4, 0.5) is 5.69 Å². The van der Waals surface area contributed by atoms with E-state index in [1.165, 1.54) is 7.11 Å². The second-order valence-electron chi connectivity index (χ2n) is 6.48. The first-order chi connectivity index (χ1) is 11.9. The molecule has 0 bridgehead atoms. The quantitative estimate of drug-likeness (QED) is 0.851. The molecule has 1 amide bonds. The Hall–Kier alpha value is -2.66. The van der Waals surface area contributed by atoms with Crippen molar-refractivity contribution in [3.63, 3.8) is 0 Å². The number of Topliss-reactive ketones (excluding diaryl/α,β-unsaturated/α-hetero) is 1. The summed E-state index contributed by atoms with van der Waals surface area (Å²) in [7, 11) is 1.52. The number of carbonyl (C=O) groups is 2. The van der Waals surface area contributed by atoms with Gasteiger partial charge >= 0.3 is 0 Å². The average molecular weight is 339 g/mol. The van der Waals surface area contributed by atoms with Crippen LogP contribution in [0.1, 0.15) is 36.2 Å². The smallest absolute Gasteiger partial charge is 0.264 e. The van der Waals surface area contributed by atoms with E-state index < -0.39 is 11.5 Å². The molecule has 3 rings (SSSR count). The highest BCUT2D eigenvalue weighted by molar-refractivity contribution is 6.11. The van der Waals surface area contributed by atoms with E-state index in [4.69, 9.17) is 4.74 Å². The van der Waals surface area contributed by atoms with Crippen molar-refractivity contribution in [3.05, 3.63) is 59.7 Å². The van der Waals surface area contributed by atoms with Gasteiger partial charge in [-0.15, -0.1) is 0 Å². The largest absolute Gasteiger partial charge is 0.497 e. The molecular weight excluding hydrogens is 318 g/mol. The number of carbonyl (C=O) groups excluding carboxylic acids is 2. The van der Waals surface area contributed by atoms with E-state index in [9.17, 15) is 14.7 Å². The van der Waals surface area contributed by atoms with Gasteiger partial charge in [0.05, 0.1) is 19.2 Å². The zero-order valence-electron chi connectivity index (χ0n) is 14.5. The van der Waals surface area contributed by atoms with E-state index in [0.717, 1.165) is 0 Å². The van der Waals surface area contributed by atoms with E-state index in [0.29, 0.717) is 22.6 Å². The van der Waals surface area contributed by atoms with Crippen molar-refractivity contribution >= 4 is 17.4 Å². The number of ether oxygens (including phenoxy) is 1. The molecule has 5 heteroatoms. The fraction of sp³-hybridized carbons (Fsp3) is 0.300. The minimum Gasteiger partial charge on any atom is -0.497 e. The lowest BCUT2D eigenvalue weighted by Gasteiger charge is -2.25. The maximum Gasteiger partial charge on any atom is 0.264 e. The van der Waals surface area contributed by atoms with Gasteiger partial charge in [-0.05, 0) is 32.0 Å². The number of para-hydroxylation sites is 1. The molecule has 0 saturated heterocycles. The molecule has 0 unspecified atom stereocenters. The highest BCUT2D eigenvalue weighted by Crippen LogP contribution is 2.43. The van der Waals surface area contributed by atoms with Gasteiger partial charge in [-0.25, -0.2) is 0 Å². The van der Waals surface area contributed by atoms with Gasteiger partial charge in [-0.2, -0.15) is 0 Å². The maximum atomic E-state index is 12.9. The van der Waals surface area contributed by atoms with Crippen LogP contribution < -0.4 is 9.64 Å². The van der Waals surface area contributed by atoms with Crippen LogP contribution in [0.3, 0.4) is 0 Å². The fourth-order valence-electron chi connectivity index (χ4n) is 3.27. The van der Waals surface area contributed by atoms with Gasteiger partial charge in [-0.3, -0.25) is 9.59 Å². The van der Waals surface area contributed by atoms with Crippen molar-refractivity contribution in [2.24, 2.45) is 0 Å². The molecule has 25 heavy (non-hydrogen) atoms. The van der Waals surface area contributed by atoms with Crippen molar-refractivity contribution in [1.82, 2.24) is 0 Å². The third kappa shape index (κ3) is 2.81. The molecule has 130 valence electrons. The first kappa shape index (κ1) is 17.2. The SMILES string of the molecule is COc1cccc(C(=O)C[C@@]2(O)C(=O)N(C(C)C)c3ccccc32)c1. The lowest BCUT2D eigenvalue weighted by atomic mass is 9.88. The number of benzene rings is 2. The topological polar surface area (TPSA) is 66.8 Å². The Morgan fingerprint density at radius 3 is 2.60 bits per heavy atom. The Kier molecular flexibility index (Phi) is 4.35. The minimum atomic E-state index is -1.85. The third-order valence-electron chi connectivity index (χ3n) is 4.51. The molecule has 5 nitrogen and oxygen atoms in total. The normalized spacial score (nSPS) is 19.2. The maximum absolute atomic E-state index is 12.9. The highest BCUT2D eigenvalue weighted by atomic mass is 16.5. The summed E-state index contributed by atoms with van der Waals surface area (Å²) in [6.45, 7) is 3.76. The van der Waals surface area contributed by atoms with Crippen LogP contribution in [0.2, 0.25) is 0 Å². The monoisotopic (exact) mass is 339 g/mol. The number of hydrogen-bond donors (Lipinski definition) is 1. The molecule has 1 aliphatic heterocycles. The second kappa shape index (κ2) is 6.33. The average Bonchev–Trinajstić information content (AvgIpc) is 2.83. The number of ketones is 1. The van der Waals surface area contributed by atoms with Crippen LogP contribution in [0.25, 0.3) is 0 Å². The van der Waals surface area contributed by atoms with Crippen LogP contribution >= 0.6 is 0 Å².